The van der Waals surface area contributed by atoms with Crippen molar-refractivity contribution in [2.24, 2.45) is 0 Å². The van der Waals surface area contributed by atoms with Gasteiger partial charge in [0.25, 0.3) is 0 Å². The van der Waals surface area contributed by atoms with Gasteiger partial charge in [-0.25, -0.2) is 0 Å². The van der Waals surface area contributed by atoms with Gasteiger partial charge in [0, 0.05) is 6.42 Å². The number of methoxy groups -OCH3 is 2. The summed E-state index contributed by atoms with van der Waals surface area (Å²) in [6, 6.07) is 12.6. The average Bonchev–Trinajstić information content (AvgIpc) is 2.62. The van der Waals surface area contributed by atoms with Crippen molar-refractivity contribution < 1.29 is 24.5 Å². The summed E-state index contributed by atoms with van der Waals surface area (Å²) < 4.78 is 10.1. The maximum absolute atomic E-state index is 11.4. The predicted octanol–water partition coefficient (Wildman–Crippen LogP) is 2.90. The number of aryl methyl sites for hydroxylation is 1. The quantitative estimate of drug-likeness (QED) is 0.684. The van der Waals surface area contributed by atoms with Crippen molar-refractivity contribution in [3.05, 3.63) is 53.6 Å². The molecular formula is C20H24O5. The number of hydrogen-bond acceptors (Lipinski definition) is 5. The number of phenols is 1. The first-order valence-electron chi connectivity index (χ1n) is 8.17. The van der Waals surface area contributed by atoms with Gasteiger partial charge in [-0.3, -0.25) is 0 Å². The highest BCUT2D eigenvalue weighted by atomic mass is 16.5. The van der Waals surface area contributed by atoms with Crippen molar-refractivity contribution in [1.82, 2.24) is 0 Å². The summed E-state index contributed by atoms with van der Waals surface area (Å²) in [5.74, 6) is 1.15. The molecule has 0 aromatic heterocycles. The van der Waals surface area contributed by atoms with E-state index in [4.69, 9.17) is 9.47 Å². The summed E-state index contributed by atoms with van der Waals surface area (Å²) in [6.07, 6.45) is 2.51. The molecule has 2 aromatic rings. The molecule has 0 saturated carbocycles. The van der Waals surface area contributed by atoms with Crippen molar-refractivity contribution in [3.63, 3.8) is 0 Å². The number of ether oxygens (including phenoxy) is 2. The molecule has 0 saturated heterocycles. The van der Waals surface area contributed by atoms with E-state index in [0.717, 1.165) is 17.7 Å². The highest BCUT2D eigenvalue weighted by Crippen LogP contribution is 2.28. The van der Waals surface area contributed by atoms with E-state index in [0.29, 0.717) is 30.4 Å². The van der Waals surface area contributed by atoms with Crippen molar-refractivity contribution in [2.75, 3.05) is 14.2 Å². The van der Waals surface area contributed by atoms with Crippen LogP contribution in [-0.2, 0) is 17.6 Å². The molecule has 0 heterocycles. The number of aliphatic hydroxyl groups is 1. The van der Waals surface area contributed by atoms with Crippen LogP contribution in [0.15, 0.2) is 42.5 Å². The summed E-state index contributed by atoms with van der Waals surface area (Å²) in [6.45, 7) is 0. The normalized spacial score (nSPS) is 13.1. The van der Waals surface area contributed by atoms with Crippen LogP contribution < -0.4 is 9.47 Å². The van der Waals surface area contributed by atoms with Crippen LogP contribution in [0.5, 0.6) is 17.2 Å². The summed E-state index contributed by atoms with van der Waals surface area (Å²) in [4.78, 5) is 11.4. The van der Waals surface area contributed by atoms with Crippen LogP contribution >= 0.6 is 0 Å². The molecule has 5 nitrogen and oxygen atoms in total. The topological polar surface area (TPSA) is 76.0 Å². The Morgan fingerprint density at radius 3 is 2.28 bits per heavy atom. The van der Waals surface area contributed by atoms with Crippen LogP contribution in [0.25, 0.3) is 0 Å². The highest BCUT2D eigenvalue weighted by Gasteiger charge is 2.26. The fourth-order valence-corrected chi connectivity index (χ4v) is 2.78. The Kier molecular flexibility index (Phi) is 6.42. The van der Waals surface area contributed by atoms with Crippen LogP contribution in [0.4, 0.5) is 0 Å². The lowest BCUT2D eigenvalue weighted by atomic mass is 9.90. The molecule has 0 fully saturated rings. The van der Waals surface area contributed by atoms with Gasteiger partial charge in [-0.2, -0.15) is 0 Å². The van der Waals surface area contributed by atoms with Gasteiger partial charge < -0.3 is 24.5 Å². The van der Waals surface area contributed by atoms with Gasteiger partial charge in [-0.15, -0.1) is 0 Å². The zero-order valence-corrected chi connectivity index (χ0v) is 14.6. The third-order valence-corrected chi connectivity index (χ3v) is 4.21. The fraction of sp³-hybridized carbons (Fsp3) is 0.350. The number of phenolic OH excluding ortho intramolecular Hbond substituents is 1. The van der Waals surface area contributed by atoms with Crippen LogP contribution in [0.3, 0.4) is 0 Å². The number of aldehydes is 1. The van der Waals surface area contributed by atoms with Crippen molar-refractivity contribution >= 4 is 6.29 Å². The van der Waals surface area contributed by atoms with E-state index >= 15 is 0 Å². The Morgan fingerprint density at radius 2 is 1.72 bits per heavy atom. The molecule has 0 bridgehead atoms. The predicted molar refractivity (Wildman–Crippen MR) is 95.3 cm³/mol. The number of hydrogen-bond donors (Lipinski definition) is 2. The molecule has 2 N–H and O–H groups in total. The number of benzene rings is 2. The standard InChI is InChI=1S/C20H24O5/c1-24-17-8-5-15(6-9-17)4-3-11-20(23,14-21)13-16-7-10-19(25-2)18(22)12-16/h5-10,12,14,22-23H,3-4,11,13H2,1-2H3. The number of carbonyl (C=O) groups excluding carboxylic acids is 1. The van der Waals surface area contributed by atoms with Gasteiger partial charge >= 0.3 is 0 Å². The average molecular weight is 344 g/mol. The van der Waals surface area contributed by atoms with Crippen molar-refractivity contribution in [2.45, 2.75) is 31.3 Å². The molecule has 0 aliphatic carbocycles. The molecule has 134 valence electrons. The second-order valence-electron chi connectivity index (χ2n) is 6.11. The second kappa shape index (κ2) is 8.53. The lowest BCUT2D eigenvalue weighted by Gasteiger charge is -2.22. The zero-order chi connectivity index (χ0) is 18.3. The first-order chi connectivity index (χ1) is 12.0. The minimum Gasteiger partial charge on any atom is -0.504 e. The molecule has 1 unspecified atom stereocenters. The van der Waals surface area contributed by atoms with E-state index in [1.807, 2.05) is 24.3 Å². The van der Waals surface area contributed by atoms with Gasteiger partial charge in [-0.1, -0.05) is 18.2 Å². The van der Waals surface area contributed by atoms with Crippen LogP contribution in [0.2, 0.25) is 0 Å². The Hall–Kier alpha value is -2.53. The van der Waals surface area contributed by atoms with E-state index in [2.05, 4.69) is 0 Å². The minimum atomic E-state index is -1.45. The van der Waals surface area contributed by atoms with Crippen LogP contribution in [-0.4, -0.2) is 36.3 Å². The van der Waals surface area contributed by atoms with E-state index in [1.165, 1.54) is 13.2 Å². The molecule has 0 radical (unpaired) electrons. The number of aromatic hydroxyl groups is 1. The molecular weight excluding hydrogens is 320 g/mol. The van der Waals surface area contributed by atoms with Gasteiger partial charge in [0.15, 0.2) is 17.8 Å². The fourth-order valence-electron chi connectivity index (χ4n) is 2.78. The number of rotatable bonds is 9. The molecule has 5 heteroatoms. The molecule has 0 aliphatic heterocycles. The first kappa shape index (κ1) is 18.8. The van der Waals surface area contributed by atoms with Gasteiger partial charge in [0.2, 0.25) is 0 Å². The summed E-state index contributed by atoms with van der Waals surface area (Å²) in [7, 11) is 3.09. The largest absolute Gasteiger partial charge is 0.504 e. The monoisotopic (exact) mass is 344 g/mol. The third kappa shape index (κ3) is 5.22. The molecule has 2 rings (SSSR count). The molecule has 0 aliphatic rings. The molecule has 0 amide bonds. The first-order valence-corrected chi connectivity index (χ1v) is 8.17. The Bertz CT molecular complexity index is 696. The molecule has 25 heavy (non-hydrogen) atoms. The van der Waals surface area contributed by atoms with Crippen molar-refractivity contribution in [1.29, 1.82) is 0 Å². The number of carbonyl (C=O) groups is 1. The molecule has 1 atom stereocenters. The highest BCUT2D eigenvalue weighted by molar-refractivity contribution is 5.63. The van der Waals surface area contributed by atoms with Gasteiger partial charge in [0.1, 0.15) is 11.4 Å². The van der Waals surface area contributed by atoms with Gasteiger partial charge in [-0.05, 0) is 54.7 Å². The maximum Gasteiger partial charge on any atom is 0.160 e. The SMILES string of the molecule is COc1ccc(CCCC(O)(C=O)Cc2ccc(OC)c(O)c2)cc1. The van der Waals surface area contributed by atoms with Crippen molar-refractivity contribution in [3.8, 4) is 17.2 Å². The summed E-state index contributed by atoms with van der Waals surface area (Å²) in [5, 5.41) is 20.4. The molecule has 2 aromatic carbocycles. The van der Waals surface area contributed by atoms with E-state index in [1.54, 1.807) is 19.2 Å². The van der Waals surface area contributed by atoms with Crippen LogP contribution in [0.1, 0.15) is 24.0 Å². The zero-order valence-electron chi connectivity index (χ0n) is 14.6. The van der Waals surface area contributed by atoms with E-state index < -0.39 is 5.60 Å². The minimum absolute atomic E-state index is 0.00789. The lowest BCUT2D eigenvalue weighted by molar-refractivity contribution is -0.124. The Morgan fingerprint density at radius 1 is 1.04 bits per heavy atom. The van der Waals surface area contributed by atoms with Gasteiger partial charge in [0.05, 0.1) is 14.2 Å². The van der Waals surface area contributed by atoms with Crippen LogP contribution in [0, 0.1) is 0 Å². The van der Waals surface area contributed by atoms with E-state index in [-0.39, 0.29) is 12.2 Å². The summed E-state index contributed by atoms with van der Waals surface area (Å²) >= 11 is 0. The Balaban J connectivity index is 1.94. The van der Waals surface area contributed by atoms with E-state index in [9.17, 15) is 15.0 Å². The summed E-state index contributed by atoms with van der Waals surface area (Å²) in [5.41, 5.74) is 0.349. The lowest BCUT2D eigenvalue weighted by Crippen LogP contribution is -2.33. The smallest absolute Gasteiger partial charge is 0.160 e. The maximum atomic E-state index is 11.4. The Labute approximate surface area is 147 Å². The third-order valence-electron chi connectivity index (χ3n) is 4.21. The molecule has 0 spiro atoms. The second-order valence-corrected chi connectivity index (χ2v) is 6.11.